The van der Waals surface area contributed by atoms with Crippen LogP contribution in [0.3, 0.4) is 0 Å². The van der Waals surface area contributed by atoms with Crippen LogP contribution in [0.2, 0.25) is 0 Å². The Morgan fingerprint density at radius 1 is 1.35 bits per heavy atom. The van der Waals surface area contributed by atoms with E-state index in [1.54, 1.807) is 6.92 Å². The van der Waals surface area contributed by atoms with Gasteiger partial charge in [0.15, 0.2) is 0 Å². The number of hydrogen-bond donors (Lipinski definition) is 0. The summed E-state index contributed by atoms with van der Waals surface area (Å²) in [6, 6.07) is 0. The Balaban J connectivity index is 1.90. The van der Waals surface area contributed by atoms with Gasteiger partial charge in [0.2, 0.25) is 0 Å². The van der Waals surface area contributed by atoms with Gasteiger partial charge in [-0.05, 0) is 19.8 Å². The van der Waals surface area contributed by atoms with Crippen LogP contribution in [0.1, 0.15) is 26.2 Å². The second-order valence-corrected chi connectivity index (χ2v) is 4.01. The fraction of sp³-hybridized carbons (Fsp3) is 0.667. The highest BCUT2D eigenvalue weighted by molar-refractivity contribution is 5.86. The average Bonchev–Trinajstić information content (AvgIpc) is 3.09. The standard InChI is InChI=1S/C12H18O5/c1-9(2)12(14)15-6-4-3-5-11(13)17-8-10-7-16-10/h10H,1,3-8H2,2H3. The van der Waals surface area contributed by atoms with Gasteiger partial charge in [-0.3, -0.25) is 4.79 Å². The van der Waals surface area contributed by atoms with Gasteiger partial charge in [-0.25, -0.2) is 4.79 Å². The molecule has 17 heavy (non-hydrogen) atoms. The van der Waals surface area contributed by atoms with E-state index < -0.39 is 5.97 Å². The summed E-state index contributed by atoms with van der Waals surface area (Å²) in [6.45, 7) is 6.41. The summed E-state index contributed by atoms with van der Waals surface area (Å²) in [5, 5.41) is 0. The lowest BCUT2D eigenvalue weighted by Gasteiger charge is -2.04. The van der Waals surface area contributed by atoms with E-state index in [0.717, 1.165) is 0 Å². The Morgan fingerprint density at radius 2 is 2.06 bits per heavy atom. The highest BCUT2D eigenvalue weighted by atomic mass is 16.6. The van der Waals surface area contributed by atoms with E-state index >= 15 is 0 Å². The fourth-order valence-electron chi connectivity index (χ4n) is 1.08. The molecule has 0 bridgehead atoms. The minimum atomic E-state index is -0.390. The first-order valence-corrected chi connectivity index (χ1v) is 5.69. The lowest BCUT2D eigenvalue weighted by Crippen LogP contribution is -2.10. The Hall–Kier alpha value is -1.36. The van der Waals surface area contributed by atoms with Gasteiger partial charge in [0.1, 0.15) is 12.7 Å². The van der Waals surface area contributed by atoms with E-state index in [4.69, 9.17) is 14.2 Å². The normalized spacial score (nSPS) is 17.4. The van der Waals surface area contributed by atoms with Crippen molar-refractivity contribution in [3.63, 3.8) is 0 Å². The van der Waals surface area contributed by atoms with Crippen LogP contribution in [0.4, 0.5) is 0 Å². The molecule has 1 aliphatic heterocycles. The van der Waals surface area contributed by atoms with E-state index in [0.29, 0.717) is 44.7 Å². The van der Waals surface area contributed by atoms with Crippen LogP contribution < -0.4 is 0 Å². The summed E-state index contributed by atoms with van der Waals surface area (Å²) in [7, 11) is 0. The van der Waals surface area contributed by atoms with E-state index in [1.807, 2.05) is 0 Å². The van der Waals surface area contributed by atoms with Crippen molar-refractivity contribution < 1.29 is 23.8 Å². The maximum Gasteiger partial charge on any atom is 0.333 e. The Bertz CT molecular complexity index is 293. The van der Waals surface area contributed by atoms with Gasteiger partial charge < -0.3 is 14.2 Å². The Kier molecular flexibility index (Phi) is 5.69. The molecule has 1 atom stereocenters. The van der Waals surface area contributed by atoms with Crippen LogP contribution >= 0.6 is 0 Å². The number of carbonyl (C=O) groups is 2. The number of epoxide rings is 1. The van der Waals surface area contributed by atoms with Crippen molar-refractivity contribution in [3.05, 3.63) is 12.2 Å². The van der Waals surface area contributed by atoms with Crippen molar-refractivity contribution in [1.82, 2.24) is 0 Å². The van der Waals surface area contributed by atoms with Crippen LogP contribution in [-0.4, -0.2) is 37.9 Å². The summed E-state index contributed by atoms with van der Waals surface area (Å²) in [4.78, 5) is 22.2. The number of rotatable bonds is 8. The average molecular weight is 242 g/mol. The predicted octanol–water partition coefficient (Wildman–Crippen LogP) is 1.22. The van der Waals surface area contributed by atoms with Gasteiger partial charge >= 0.3 is 11.9 Å². The molecule has 1 rings (SSSR count). The molecule has 0 N–H and O–H groups in total. The van der Waals surface area contributed by atoms with Gasteiger partial charge in [-0.1, -0.05) is 6.58 Å². The molecule has 5 nitrogen and oxygen atoms in total. The molecule has 0 aromatic heterocycles. The molecule has 0 saturated carbocycles. The van der Waals surface area contributed by atoms with Crippen molar-refractivity contribution >= 4 is 11.9 Å². The monoisotopic (exact) mass is 242 g/mol. The molecular weight excluding hydrogens is 224 g/mol. The highest BCUT2D eigenvalue weighted by Gasteiger charge is 2.23. The summed E-state index contributed by atoms with van der Waals surface area (Å²) >= 11 is 0. The minimum absolute atomic E-state index is 0.107. The third-order valence-electron chi connectivity index (χ3n) is 2.19. The molecule has 0 aromatic carbocycles. The molecular formula is C12H18O5. The molecule has 0 spiro atoms. The molecule has 0 aromatic rings. The van der Waals surface area contributed by atoms with Crippen molar-refractivity contribution in [2.45, 2.75) is 32.3 Å². The molecule has 5 heteroatoms. The molecule has 1 fully saturated rings. The van der Waals surface area contributed by atoms with Gasteiger partial charge in [0.05, 0.1) is 13.2 Å². The second-order valence-electron chi connectivity index (χ2n) is 4.01. The first-order chi connectivity index (χ1) is 8.09. The van der Waals surface area contributed by atoms with Crippen LogP contribution in [0.15, 0.2) is 12.2 Å². The van der Waals surface area contributed by atoms with E-state index in [9.17, 15) is 9.59 Å². The second kappa shape index (κ2) is 7.06. The number of carbonyl (C=O) groups excluding carboxylic acids is 2. The molecule has 0 amide bonds. The van der Waals surface area contributed by atoms with Gasteiger partial charge in [0.25, 0.3) is 0 Å². The van der Waals surface area contributed by atoms with Crippen molar-refractivity contribution in [2.24, 2.45) is 0 Å². The van der Waals surface area contributed by atoms with Crippen molar-refractivity contribution in [3.8, 4) is 0 Å². The van der Waals surface area contributed by atoms with Gasteiger partial charge in [-0.2, -0.15) is 0 Å². The van der Waals surface area contributed by atoms with E-state index in [2.05, 4.69) is 6.58 Å². The SMILES string of the molecule is C=C(C)C(=O)OCCCCC(=O)OCC1CO1. The maximum absolute atomic E-state index is 11.2. The molecule has 1 heterocycles. The van der Waals surface area contributed by atoms with Crippen molar-refractivity contribution in [1.29, 1.82) is 0 Å². The number of unbranched alkanes of at least 4 members (excludes halogenated alkanes) is 1. The van der Waals surface area contributed by atoms with Crippen LogP contribution in [-0.2, 0) is 23.8 Å². The van der Waals surface area contributed by atoms with E-state index in [1.165, 1.54) is 0 Å². The topological polar surface area (TPSA) is 65.1 Å². The summed E-state index contributed by atoms with van der Waals surface area (Å²) in [5.74, 6) is -0.620. The fourth-order valence-corrected chi connectivity index (χ4v) is 1.08. The lowest BCUT2D eigenvalue weighted by atomic mass is 10.2. The summed E-state index contributed by atoms with van der Waals surface area (Å²) < 4.78 is 14.7. The molecule has 0 radical (unpaired) electrons. The molecule has 1 saturated heterocycles. The molecule has 1 aliphatic rings. The first-order valence-electron chi connectivity index (χ1n) is 5.69. The Morgan fingerprint density at radius 3 is 2.65 bits per heavy atom. The molecule has 1 unspecified atom stereocenters. The van der Waals surface area contributed by atoms with Crippen molar-refractivity contribution in [2.75, 3.05) is 19.8 Å². The molecule has 0 aliphatic carbocycles. The zero-order chi connectivity index (χ0) is 12.7. The van der Waals surface area contributed by atoms with Gasteiger partial charge in [-0.15, -0.1) is 0 Å². The highest BCUT2D eigenvalue weighted by Crippen LogP contribution is 2.09. The summed E-state index contributed by atoms with van der Waals surface area (Å²) in [5.41, 5.74) is 0.383. The maximum atomic E-state index is 11.2. The predicted molar refractivity (Wildman–Crippen MR) is 60.3 cm³/mol. The van der Waals surface area contributed by atoms with Crippen LogP contribution in [0.25, 0.3) is 0 Å². The quantitative estimate of drug-likeness (QED) is 0.277. The number of ether oxygens (including phenoxy) is 3. The third-order valence-corrected chi connectivity index (χ3v) is 2.19. The first kappa shape index (κ1) is 13.7. The lowest BCUT2D eigenvalue weighted by molar-refractivity contribution is -0.144. The Labute approximate surface area is 101 Å². The summed E-state index contributed by atoms with van der Waals surface area (Å²) in [6.07, 6.45) is 1.75. The number of esters is 2. The smallest absolute Gasteiger partial charge is 0.333 e. The zero-order valence-electron chi connectivity index (χ0n) is 10.1. The van der Waals surface area contributed by atoms with Crippen LogP contribution in [0, 0.1) is 0 Å². The third kappa shape index (κ3) is 6.73. The largest absolute Gasteiger partial charge is 0.463 e. The van der Waals surface area contributed by atoms with Crippen LogP contribution in [0.5, 0.6) is 0 Å². The molecule has 96 valence electrons. The zero-order valence-corrected chi connectivity index (χ0v) is 10.1. The van der Waals surface area contributed by atoms with E-state index in [-0.39, 0.29) is 12.1 Å². The van der Waals surface area contributed by atoms with Gasteiger partial charge in [0, 0.05) is 12.0 Å². The number of hydrogen-bond acceptors (Lipinski definition) is 5. The minimum Gasteiger partial charge on any atom is -0.463 e.